The number of nitrogens with one attached hydrogen (secondary N) is 2. The van der Waals surface area contributed by atoms with Gasteiger partial charge in [-0.05, 0) is 74.6 Å². The van der Waals surface area contributed by atoms with Gasteiger partial charge in [0.1, 0.15) is 0 Å². The maximum absolute atomic E-state index is 12.8. The molecule has 4 bridgehead atoms. The molecule has 0 aromatic heterocycles. The minimum absolute atomic E-state index is 0.294. The molecule has 8 heteroatoms. The molecule has 2 unspecified atom stereocenters. The average Bonchev–Trinajstić information content (AvgIpc) is 2.62. The lowest BCUT2D eigenvalue weighted by Crippen LogP contribution is -2.56. The molecule has 4 aliphatic rings. The van der Waals surface area contributed by atoms with Gasteiger partial charge in [-0.15, -0.1) is 11.6 Å². The van der Waals surface area contributed by atoms with Crippen molar-refractivity contribution in [2.24, 2.45) is 17.3 Å². The van der Waals surface area contributed by atoms with E-state index in [0.717, 1.165) is 32.1 Å². The second-order valence-electron chi connectivity index (χ2n) is 8.48. The zero-order valence-electron chi connectivity index (χ0n) is 15.3. The number of rotatable bonds is 4. The monoisotopic (exact) mass is 424 g/mol. The molecule has 0 saturated heterocycles. The Kier molecular flexibility index (Phi) is 5.04. The van der Waals surface area contributed by atoms with Gasteiger partial charge in [0.25, 0.3) is 11.8 Å². The minimum atomic E-state index is -0.596. The Morgan fingerprint density at radius 3 is 2.29 bits per heavy atom. The van der Waals surface area contributed by atoms with Crippen molar-refractivity contribution in [1.82, 2.24) is 10.9 Å². The van der Waals surface area contributed by atoms with E-state index in [1.54, 1.807) is 24.3 Å². The summed E-state index contributed by atoms with van der Waals surface area (Å²) in [5.74, 6) is -0.481. The highest BCUT2D eigenvalue weighted by atomic mass is 35.5. The molecule has 0 spiro atoms. The van der Waals surface area contributed by atoms with Crippen LogP contribution in [0, 0.1) is 17.3 Å². The molecule has 0 radical (unpaired) electrons. The Balaban J connectivity index is 1.27. The van der Waals surface area contributed by atoms with E-state index >= 15 is 0 Å². The van der Waals surface area contributed by atoms with Crippen LogP contribution in [0.1, 0.15) is 48.9 Å². The average molecular weight is 425 g/mol. The third kappa shape index (κ3) is 3.85. The van der Waals surface area contributed by atoms with Gasteiger partial charge >= 0.3 is 5.97 Å². The summed E-state index contributed by atoms with van der Waals surface area (Å²) in [7, 11) is 0. The predicted molar refractivity (Wildman–Crippen MR) is 104 cm³/mol. The first-order valence-electron chi connectivity index (χ1n) is 9.48. The molecular formula is C20H22Cl2N2O4. The van der Waals surface area contributed by atoms with Crippen LogP contribution in [0.5, 0.6) is 0 Å². The molecule has 0 aliphatic heterocycles. The fourth-order valence-electron chi connectivity index (χ4n) is 5.51. The van der Waals surface area contributed by atoms with Crippen LogP contribution >= 0.6 is 23.2 Å². The summed E-state index contributed by atoms with van der Waals surface area (Å²) in [6, 6.07) is 6.24. The number of esters is 1. The number of amides is 2. The number of hydrazine groups is 1. The van der Waals surface area contributed by atoms with Gasteiger partial charge in [-0.3, -0.25) is 25.2 Å². The maximum Gasteiger partial charge on any atom is 0.312 e. The van der Waals surface area contributed by atoms with Crippen molar-refractivity contribution in [1.29, 1.82) is 0 Å². The van der Waals surface area contributed by atoms with Crippen LogP contribution < -0.4 is 10.9 Å². The summed E-state index contributed by atoms with van der Waals surface area (Å²) < 4.78 is 5.31. The Morgan fingerprint density at radius 1 is 1.04 bits per heavy atom. The number of hydrogen-bond acceptors (Lipinski definition) is 4. The molecular weight excluding hydrogens is 403 g/mol. The van der Waals surface area contributed by atoms with Crippen molar-refractivity contribution in [3.63, 3.8) is 0 Å². The summed E-state index contributed by atoms with van der Waals surface area (Å²) >= 11 is 12.5. The zero-order valence-corrected chi connectivity index (χ0v) is 16.8. The Labute approximate surface area is 173 Å². The number of carbonyl (C=O) groups excluding carboxylic acids is 3. The summed E-state index contributed by atoms with van der Waals surface area (Å²) in [5, 5.41) is 0.510. The summed E-state index contributed by atoms with van der Waals surface area (Å²) in [6.07, 6.45) is 5.30. The van der Waals surface area contributed by atoms with Crippen molar-refractivity contribution in [3.05, 3.63) is 34.9 Å². The van der Waals surface area contributed by atoms with Crippen LogP contribution in [-0.4, -0.2) is 29.3 Å². The second-order valence-corrected chi connectivity index (χ2v) is 9.72. The second kappa shape index (κ2) is 7.23. The third-order valence-electron chi connectivity index (χ3n) is 6.18. The van der Waals surface area contributed by atoms with E-state index in [2.05, 4.69) is 10.9 Å². The van der Waals surface area contributed by atoms with Crippen molar-refractivity contribution in [2.45, 2.75) is 43.4 Å². The first-order valence-corrected chi connectivity index (χ1v) is 10.2. The van der Waals surface area contributed by atoms with Crippen LogP contribution in [0.4, 0.5) is 0 Å². The van der Waals surface area contributed by atoms with Gasteiger partial charge in [-0.2, -0.15) is 0 Å². The van der Waals surface area contributed by atoms with Crippen LogP contribution in [0.15, 0.2) is 24.3 Å². The highest BCUT2D eigenvalue weighted by Crippen LogP contribution is 2.64. The molecule has 28 heavy (non-hydrogen) atoms. The van der Waals surface area contributed by atoms with E-state index in [1.807, 2.05) is 0 Å². The molecule has 2 atom stereocenters. The van der Waals surface area contributed by atoms with Gasteiger partial charge in [-0.25, -0.2) is 0 Å². The van der Waals surface area contributed by atoms with Gasteiger partial charge in [0.2, 0.25) is 0 Å². The fraction of sp³-hybridized carbons (Fsp3) is 0.550. The van der Waals surface area contributed by atoms with Crippen LogP contribution in [0.3, 0.4) is 0 Å². The van der Waals surface area contributed by atoms with Crippen molar-refractivity contribution < 1.29 is 19.1 Å². The third-order valence-corrected chi connectivity index (χ3v) is 6.87. The SMILES string of the molecule is O=C(COC(=O)C12CC3CC(CC(Cl)(C3)C1)C2)NNC(=O)c1ccc(Cl)cc1. The Bertz CT molecular complexity index is 797. The molecule has 150 valence electrons. The largest absolute Gasteiger partial charge is 0.455 e. The molecule has 6 nitrogen and oxygen atoms in total. The van der Waals surface area contributed by atoms with Crippen molar-refractivity contribution >= 4 is 41.0 Å². The lowest BCUT2D eigenvalue weighted by Gasteiger charge is -2.58. The van der Waals surface area contributed by atoms with Gasteiger partial charge in [0.05, 0.1) is 5.41 Å². The molecule has 4 fully saturated rings. The minimum Gasteiger partial charge on any atom is -0.455 e. The number of carbonyl (C=O) groups is 3. The number of hydrogen-bond donors (Lipinski definition) is 2. The van der Waals surface area contributed by atoms with Gasteiger partial charge in [-0.1, -0.05) is 11.6 Å². The summed E-state index contributed by atoms with van der Waals surface area (Å²) in [6.45, 7) is -0.438. The van der Waals surface area contributed by atoms with E-state index < -0.39 is 23.8 Å². The summed E-state index contributed by atoms with van der Waals surface area (Å²) in [4.78, 5) is 36.4. The van der Waals surface area contributed by atoms with Crippen molar-refractivity contribution in [2.75, 3.05) is 6.61 Å². The van der Waals surface area contributed by atoms with Crippen molar-refractivity contribution in [3.8, 4) is 0 Å². The number of halogens is 2. The molecule has 4 aliphatic carbocycles. The first kappa shape index (κ1) is 19.5. The predicted octanol–water partition coefficient (Wildman–Crippen LogP) is 3.22. The van der Waals surface area contributed by atoms with Gasteiger partial charge in [0.15, 0.2) is 6.61 Å². The molecule has 5 rings (SSSR count). The quantitative estimate of drug-likeness (QED) is 0.441. The molecule has 1 aromatic carbocycles. The topological polar surface area (TPSA) is 84.5 Å². The van der Waals surface area contributed by atoms with Gasteiger partial charge < -0.3 is 4.74 Å². The highest BCUT2D eigenvalue weighted by Gasteiger charge is 2.60. The van der Waals surface area contributed by atoms with Crippen LogP contribution in [-0.2, 0) is 14.3 Å². The van der Waals surface area contributed by atoms with E-state index in [0.29, 0.717) is 28.8 Å². The maximum atomic E-state index is 12.8. The molecule has 1 aromatic rings. The van der Waals surface area contributed by atoms with E-state index in [1.165, 1.54) is 0 Å². The zero-order chi connectivity index (χ0) is 19.9. The molecule has 4 saturated carbocycles. The van der Waals surface area contributed by atoms with Gasteiger partial charge in [0, 0.05) is 15.5 Å². The van der Waals surface area contributed by atoms with E-state index in [4.69, 9.17) is 27.9 Å². The van der Waals surface area contributed by atoms with E-state index in [-0.39, 0.29) is 10.8 Å². The van der Waals surface area contributed by atoms with E-state index in [9.17, 15) is 14.4 Å². The highest BCUT2D eigenvalue weighted by molar-refractivity contribution is 6.30. The number of ether oxygens (including phenoxy) is 1. The normalized spacial score (nSPS) is 32.6. The fourth-order valence-corrected chi connectivity index (χ4v) is 6.33. The summed E-state index contributed by atoms with van der Waals surface area (Å²) in [5.41, 5.74) is 4.34. The Morgan fingerprint density at radius 2 is 1.68 bits per heavy atom. The first-order chi connectivity index (χ1) is 13.3. The molecule has 2 N–H and O–H groups in total. The molecule has 0 heterocycles. The number of benzene rings is 1. The van der Waals surface area contributed by atoms with Crippen LogP contribution in [0.25, 0.3) is 0 Å². The number of alkyl halides is 1. The molecule has 2 amide bonds. The Hall–Kier alpha value is -1.79. The lowest BCUT2D eigenvalue weighted by atomic mass is 9.49. The lowest BCUT2D eigenvalue weighted by molar-refractivity contribution is -0.171. The van der Waals surface area contributed by atoms with Crippen LogP contribution in [0.2, 0.25) is 5.02 Å². The smallest absolute Gasteiger partial charge is 0.312 e. The standard InChI is InChI=1S/C20H22Cl2N2O4/c21-15-3-1-14(2-4-15)17(26)24-23-16(25)10-28-18(27)19-6-12-5-13(7-19)9-20(22,8-12)11-19/h1-4,12-13H,5-11H2,(H,23,25)(H,24,26).